The minimum Gasteiger partial charge on any atom is -0.326 e. The molecule has 0 spiro atoms. The Morgan fingerprint density at radius 3 is 2.71 bits per heavy atom. The summed E-state index contributed by atoms with van der Waals surface area (Å²) >= 11 is 0. The number of hydrogen-bond donors (Lipinski definition) is 1. The molecule has 0 saturated carbocycles. The first-order chi connectivity index (χ1) is 8.05. The first-order valence-corrected chi connectivity index (χ1v) is 6.74. The molecule has 0 radical (unpaired) electrons. The van der Waals surface area contributed by atoms with Crippen LogP contribution >= 0.6 is 0 Å². The van der Waals surface area contributed by atoms with Gasteiger partial charge in [-0.2, -0.15) is 9.57 Å². The summed E-state index contributed by atoms with van der Waals surface area (Å²) in [7, 11) is -3.58. The summed E-state index contributed by atoms with van der Waals surface area (Å²) in [5.41, 5.74) is 5.87. The lowest BCUT2D eigenvalue weighted by Crippen LogP contribution is -2.32. The predicted octanol–water partition coefficient (Wildman–Crippen LogP) is 0.280. The Morgan fingerprint density at radius 2 is 2.12 bits per heavy atom. The molecule has 0 bridgehead atoms. The zero-order valence-electron chi connectivity index (χ0n) is 9.20. The van der Waals surface area contributed by atoms with Gasteiger partial charge in [-0.15, -0.1) is 0 Å². The molecule has 90 valence electrons. The summed E-state index contributed by atoms with van der Waals surface area (Å²) in [5.74, 6) is 0. The van der Waals surface area contributed by atoms with Gasteiger partial charge in [-0.25, -0.2) is 8.42 Å². The second-order valence-corrected chi connectivity index (χ2v) is 5.93. The molecule has 1 fully saturated rings. The molecule has 1 aromatic rings. The van der Waals surface area contributed by atoms with E-state index in [9.17, 15) is 8.42 Å². The van der Waals surface area contributed by atoms with Gasteiger partial charge in [0.05, 0.1) is 10.5 Å². The fourth-order valence-corrected chi connectivity index (χ4v) is 3.55. The van der Waals surface area contributed by atoms with E-state index in [0.717, 1.165) is 0 Å². The molecule has 1 aliphatic heterocycles. The van der Waals surface area contributed by atoms with Crippen LogP contribution in [0.25, 0.3) is 0 Å². The van der Waals surface area contributed by atoms with E-state index in [1.807, 2.05) is 6.07 Å². The van der Waals surface area contributed by atoms with E-state index in [2.05, 4.69) is 0 Å². The van der Waals surface area contributed by atoms with E-state index >= 15 is 0 Å². The fourth-order valence-electron chi connectivity index (χ4n) is 1.90. The lowest BCUT2D eigenvalue weighted by atomic mass is 10.2. The number of nitrogens with two attached hydrogens (primary N) is 1. The highest BCUT2D eigenvalue weighted by Gasteiger charge is 2.32. The maximum atomic E-state index is 12.3. The van der Waals surface area contributed by atoms with Gasteiger partial charge in [-0.1, -0.05) is 12.1 Å². The van der Waals surface area contributed by atoms with Crippen molar-refractivity contribution in [1.82, 2.24) is 4.31 Å². The molecule has 1 heterocycles. The number of rotatable bonds is 2. The van der Waals surface area contributed by atoms with Crippen molar-refractivity contribution >= 4 is 10.0 Å². The van der Waals surface area contributed by atoms with Gasteiger partial charge in [0.2, 0.25) is 10.0 Å². The highest BCUT2D eigenvalue weighted by molar-refractivity contribution is 7.89. The molecule has 1 atom stereocenters. The molecule has 17 heavy (non-hydrogen) atoms. The van der Waals surface area contributed by atoms with Gasteiger partial charge in [0.1, 0.15) is 6.07 Å². The van der Waals surface area contributed by atoms with Crippen LogP contribution in [0.4, 0.5) is 0 Å². The third-order valence-corrected chi connectivity index (χ3v) is 4.74. The molecule has 0 aromatic heterocycles. The summed E-state index contributed by atoms with van der Waals surface area (Å²) in [6, 6.07) is 8.01. The molecule has 0 unspecified atom stereocenters. The van der Waals surface area contributed by atoms with Gasteiger partial charge in [0.25, 0.3) is 0 Å². The molecule has 2 N–H and O–H groups in total. The van der Waals surface area contributed by atoms with Gasteiger partial charge in [0.15, 0.2) is 0 Å². The van der Waals surface area contributed by atoms with E-state index in [-0.39, 0.29) is 16.5 Å². The maximum Gasteiger partial charge on any atom is 0.244 e. The van der Waals surface area contributed by atoms with E-state index in [1.165, 1.54) is 16.4 Å². The zero-order chi connectivity index (χ0) is 12.5. The number of nitriles is 1. The molecular formula is C11H13N3O2S. The van der Waals surface area contributed by atoms with Crippen LogP contribution in [0.1, 0.15) is 12.0 Å². The van der Waals surface area contributed by atoms with Gasteiger partial charge in [-0.3, -0.25) is 0 Å². The average molecular weight is 251 g/mol. The Hall–Kier alpha value is -1.42. The number of hydrogen-bond acceptors (Lipinski definition) is 4. The summed E-state index contributed by atoms with van der Waals surface area (Å²) in [6.07, 6.45) is 0.661. The molecule has 6 heteroatoms. The standard InChI is InChI=1S/C11H13N3O2S/c12-7-9-3-1-2-4-11(9)17(15,16)14-6-5-10(13)8-14/h1-4,10H,5-6,8,13H2/t10-/m0/s1. The minimum absolute atomic E-state index is 0.0663. The van der Waals surface area contributed by atoms with E-state index < -0.39 is 10.0 Å². The summed E-state index contributed by atoms with van der Waals surface area (Å²) in [5, 5.41) is 8.92. The first-order valence-electron chi connectivity index (χ1n) is 5.30. The Labute approximate surface area is 101 Å². The van der Waals surface area contributed by atoms with Crippen molar-refractivity contribution in [3.63, 3.8) is 0 Å². The Balaban J connectivity index is 2.42. The molecular weight excluding hydrogens is 238 g/mol. The number of nitrogens with zero attached hydrogens (tertiary/aromatic N) is 2. The van der Waals surface area contributed by atoms with Crippen LogP contribution in [-0.4, -0.2) is 31.9 Å². The van der Waals surface area contributed by atoms with Crippen molar-refractivity contribution in [2.75, 3.05) is 13.1 Å². The third kappa shape index (κ3) is 2.17. The van der Waals surface area contributed by atoms with Crippen molar-refractivity contribution in [3.8, 4) is 6.07 Å². The van der Waals surface area contributed by atoms with Crippen LogP contribution in [0, 0.1) is 11.3 Å². The van der Waals surface area contributed by atoms with E-state index in [4.69, 9.17) is 11.0 Å². The topological polar surface area (TPSA) is 87.2 Å². The molecule has 1 aliphatic rings. The Kier molecular flexibility index (Phi) is 3.15. The molecule has 5 nitrogen and oxygen atoms in total. The molecule has 2 rings (SSSR count). The van der Waals surface area contributed by atoms with Gasteiger partial charge in [0, 0.05) is 19.1 Å². The van der Waals surface area contributed by atoms with Crippen molar-refractivity contribution in [2.45, 2.75) is 17.4 Å². The molecule has 0 amide bonds. The summed E-state index contributed by atoms with van der Waals surface area (Å²) in [6.45, 7) is 0.741. The third-order valence-electron chi connectivity index (χ3n) is 2.81. The van der Waals surface area contributed by atoms with Crippen LogP contribution in [-0.2, 0) is 10.0 Å². The van der Waals surface area contributed by atoms with E-state index in [1.54, 1.807) is 12.1 Å². The predicted molar refractivity (Wildman–Crippen MR) is 62.5 cm³/mol. The lowest BCUT2D eigenvalue weighted by Gasteiger charge is -2.16. The summed E-state index contributed by atoms with van der Waals surface area (Å²) in [4.78, 5) is 0.0663. The van der Waals surface area contributed by atoms with Crippen LogP contribution in [0.3, 0.4) is 0 Å². The largest absolute Gasteiger partial charge is 0.326 e. The van der Waals surface area contributed by atoms with Crippen LogP contribution < -0.4 is 5.73 Å². The highest BCUT2D eigenvalue weighted by Crippen LogP contribution is 2.22. The van der Waals surface area contributed by atoms with Crippen LogP contribution in [0.5, 0.6) is 0 Å². The van der Waals surface area contributed by atoms with Crippen molar-refractivity contribution < 1.29 is 8.42 Å². The SMILES string of the molecule is N#Cc1ccccc1S(=O)(=O)N1CC[C@H](N)C1. The quantitative estimate of drug-likeness (QED) is 0.817. The smallest absolute Gasteiger partial charge is 0.244 e. The van der Waals surface area contributed by atoms with Crippen molar-refractivity contribution in [2.24, 2.45) is 5.73 Å². The monoisotopic (exact) mass is 251 g/mol. The zero-order valence-corrected chi connectivity index (χ0v) is 10.0. The molecule has 1 aromatic carbocycles. The lowest BCUT2D eigenvalue weighted by molar-refractivity contribution is 0.472. The maximum absolute atomic E-state index is 12.3. The Morgan fingerprint density at radius 1 is 1.41 bits per heavy atom. The second kappa shape index (κ2) is 4.45. The van der Waals surface area contributed by atoms with Gasteiger partial charge >= 0.3 is 0 Å². The van der Waals surface area contributed by atoms with Crippen LogP contribution in [0.15, 0.2) is 29.2 Å². The summed E-state index contributed by atoms with van der Waals surface area (Å²) < 4.78 is 25.9. The minimum atomic E-state index is -3.58. The normalized spacial score (nSPS) is 21.3. The van der Waals surface area contributed by atoms with Crippen molar-refractivity contribution in [3.05, 3.63) is 29.8 Å². The fraction of sp³-hybridized carbons (Fsp3) is 0.364. The van der Waals surface area contributed by atoms with Gasteiger partial charge in [-0.05, 0) is 18.6 Å². The first kappa shape index (κ1) is 12.0. The number of sulfonamides is 1. The average Bonchev–Trinajstić information content (AvgIpc) is 2.76. The molecule has 0 aliphatic carbocycles. The molecule has 1 saturated heterocycles. The van der Waals surface area contributed by atoms with Gasteiger partial charge < -0.3 is 5.73 Å². The Bertz CT molecular complexity index is 562. The van der Waals surface area contributed by atoms with Crippen LogP contribution in [0.2, 0.25) is 0 Å². The highest BCUT2D eigenvalue weighted by atomic mass is 32.2. The second-order valence-electron chi connectivity index (χ2n) is 4.02. The number of benzene rings is 1. The van der Waals surface area contributed by atoms with Crippen molar-refractivity contribution in [1.29, 1.82) is 5.26 Å². The van der Waals surface area contributed by atoms with E-state index in [0.29, 0.717) is 19.5 Å².